The van der Waals surface area contributed by atoms with E-state index in [2.05, 4.69) is 23.2 Å². The lowest BCUT2D eigenvalue weighted by molar-refractivity contribution is -0.0800. The van der Waals surface area contributed by atoms with E-state index < -0.39 is 0 Å². The Morgan fingerprint density at radius 2 is 2.24 bits per heavy atom. The Kier molecular flexibility index (Phi) is 4.83. The Labute approximate surface area is 128 Å². The highest BCUT2D eigenvalue weighted by molar-refractivity contribution is 5.12. The summed E-state index contributed by atoms with van der Waals surface area (Å²) in [5.41, 5.74) is -0.286. The molecule has 1 N–H and O–H groups in total. The fraction of sp³-hybridized carbons (Fsp3) is 0.941. The Balaban J connectivity index is 1.68. The first-order valence-electron chi connectivity index (χ1n) is 8.81. The van der Waals surface area contributed by atoms with Crippen LogP contribution in [0, 0.1) is 11.3 Å². The van der Waals surface area contributed by atoms with Crippen molar-refractivity contribution >= 4 is 0 Å². The third-order valence-corrected chi connectivity index (χ3v) is 5.65. The maximum absolute atomic E-state index is 9.72. The molecule has 0 bridgehead atoms. The van der Waals surface area contributed by atoms with Gasteiger partial charge in [0.2, 0.25) is 0 Å². The molecule has 118 valence electrons. The smallest absolute Gasteiger partial charge is 0.108 e. The van der Waals surface area contributed by atoms with E-state index >= 15 is 0 Å². The van der Waals surface area contributed by atoms with Crippen molar-refractivity contribution in [2.24, 2.45) is 0 Å². The van der Waals surface area contributed by atoms with Gasteiger partial charge in [-0.3, -0.25) is 10.2 Å². The molecule has 21 heavy (non-hydrogen) atoms. The quantitative estimate of drug-likeness (QED) is 0.864. The summed E-state index contributed by atoms with van der Waals surface area (Å²) in [6, 6.07) is 3.79. The molecule has 0 aromatic carbocycles. The van der Waals surface area contributed by atoms with Gasteiger partial charge in [-0.15, -0.1) is 0 Å². The van der Waals surface area contributed by atoms with E-state index in [9.17, 15) is 5.26 Å². The molecule has 0 amide bonds. The molecule has 4 unspecified atom stereocenters. The van der Waals surface area contributed by atoms with Crippen LogP contribution in [0.5, 0.6) is 0 Å². The normalized spacial score (nSPS) is 40.7. The van der Waals surface area contributed by atoms with E-state index in [1.54, 1.807) is 0 Å². The van der Waals surface area contributed by atoms with Crippen LogP contribution in [0.2, 0.25) is 0 Å². The molecule has 4 atom stereocenters. The number of nitrogens with one attached hydrogen (secondary N) is 1. The van der Waals surface area contributed by atoms with Gasteiger partial charge in [0.15, 0.2) is 0 Å². The number of hydrogen-bond donors (Lipinski definition) is 1. The van der Waals surface area contributed by atoms with Crippen molar-refractivity contribution in [1.29, 1.82) is 5.26 Å². The molecule has 0 aromatic heterocycles. The minimum Gasteiger partial charge on any atom is -0.375 e. The van der Waals surface area contributed by atoms with Gasteiger partial charge in [0.05, 0.1) is 18.8 Å². The minimum absolute atomic E-state index is 0.286. The van der Waals surface area contributed by atoms with Crippen LogP contribution in [0.15, 0.2) is 0 Å². The van der Waals surface area contributed by atoms with Gasteiger partial charge in [0.25, 0.3) is 0 Å². The maximum Gasteiger partial charge on any atom is 0.108 e. The summed E-state index contributed by atoms with van der Waals surface area (Å²) in [5.74, 6) is 0. The number of morpholine rings is 1. The van der Waals surface area contributed by atoms with Crippen LogP contribution in [0.4, 0.5) is 0 Å². The second-order valence-electron chi connectivity index (χ2n) is 7.02. The fourth-order valence-electron chi connectivity index (χ4n) is 4.60. The first-order chi connectivity index (χ1) is 10.3. The van der Waals surface area contributed by atoms with Crippen LogP contribution in [-0.2, 0) is 4.74 Å². The highest BCUT2D eigenvalue weighted by atomic mass is 16.5. The molecular weight excluding hydrogens is 262 g/mol. The molecule has 4 nitrogen and oxygen atoms in total. The zero-order valence-corrected chi connectivity index (χ0v) is 13.3. The molecule has 2 saturated carbocycles. The van der Waals surface area contributed by atoms with Crippen molar-refractivity contribution in [2.45, 2.75) is 82.0 Å². The lowest BCUT2D eigenvalue weighted by atomic mass is 9.78. The lowest BCUT2D eigenvalue weighted by Gasteiger charge is -2.47. The monoisotopic (exact) mass is 291 g/mol. The standard InChI is InChI=1S/C17H29N3O/c1-2-9-19-17(13-18)8-4-5-14(12-17)20-10-11-21-16-7-3-6-15(16)20/h14-16,19H,2-12H2,1H3. The first kappa shape index (κ1) is 15.3. The van der Waals surface area contributed by atoms with Crippen LogP contribution < -0.4 is 5.32 Å². The van der Waals surface area contributed by atoms with E-state index in [4.69, 9.17) is 4.74 Å². The van der Waals surface area contributed by atoms with Crippen molar-refractivity contribution in [3.63, 3.8) is 0 Å². The van der Waals surface area contributed by atoms with Crippen molar-refractivity contribution in [2.75, 3.05) is 19.7 Å². The molecule has 0 aromatic rings. The number of hydrogen-bond acceptors (Lipinski definition) is 4. The fourth-order valence-corrected chi connectivity index (χ4v) is 4.60. The van der Waals surface area contributed by atoms with E-state index in [0.717, 1.165) is 39.0 Å². The molecule has 1 saturated heterocycles. The van der Waals surface area contributed by atoms with Gasteiger partial charge in [-0.2, -0.15) is 5.26 Å². The third kappa shape index (κ3) is 3.11. The topological polar surface area (TPSA) is 48.3 Å². The van der Waals surface area contributed by atoms with Gasteiger partial charge in [-0.05, 0) is 57.9 Å². The van der Waals surface area contributed by atoms with E-state index in [-0.39, 0.29) is 5.54 Å². The third-order valence-electron chi connectivity index (χ3n) is 5.65. The molecule has 4 heteroatoms. The number of nitrogens with zero attached hydrogens (tertiary/aromatic N) is 2. The summed E-state index contributed by atoms with van der Waals surface area (Å²) >= 11 is 0. The minimum atomic E-state index is -0.286. The van der Waals surface area contributed by atoms with Gasteiger partial charge in [-0.25, -0.2) is 0 Å². The molecule has 0 radical (unpaired) electrons. The average molecular weight is 291 g/mol. The predicted molar refractivity (Wildman–Crippen MR) is 83.0 cm³/mol. The Hall–Kier alpha value is -0.630. The van der Waals surface area contributed by atoms with Crippen molar-refractivity contribution < 1.29 is 4.74 Å². The number of fused-ring (bicyclic) bond motifs is 1. The Morgan fingerprint density at radius 1 is 1.33 bits per heavy atom. The Morgan fingerprint density at radius 3 is 3.05 bits per heavy atom. The van der Waals surface area contributed by atoms with E-state index in [1.807, 2.05) is 0 Å². The highest BCUT2D eigenvalue weighted by Crippen LogP contribution is 2.37. The van der Waals surface area contributed by atoms with Crippen molar-refractivity contribution in [3.05, 3.63) is 0 Å². The maximum atomic E-state index is 9.72. The second kappa shape index (κ2) is 6.64. The number of nitriles is 1. The van der Waals surface area contributed by atoms with E-state index in [1.165, 1.54) is 32.1 Å². The van der Waals surface area contributed by atoms with Crippen molar-refractivity contribution in [1.82, 2.24) is 10.2 Å². The first-order valence-corrected chi connectivity index (χ1v) is 8.81. The molecule has 2 aliphatic carbocycles. The lowest BCUT2D eigenvalue weighted by Crippen LogP contribution is -2.58. The van der Waals surface area contributed by atoms with Crippen molar-refractivity contribution in [3.8, 4) is 6.07 Å². The Bertz CT molecular complexity index is 394. The zero-order valence-electron chi connectivity index (χ0n) is 13.3. The molecule has 1 aliphatic heterocycles. The summed E-state index contributed by atoms with van der Waals surface area (Å²) in [6.07, 6.45) is 9.79. The van der Waals surface area contributed by atoms with Gasteiger partial charge >= 0.3 is 0 Å². The number of ether oxygens (including phenoxy) is 1. The van der Waals surface area contributed by atoms with Gasteiger partial charge in [0, 0.05) is 18.6 Å². The summed E-state index contributed by atoms with van der Waals surface area (Å²) in [5, 5.41) is 13.3. The van der Waals surface area contributed by atoms with Crippen LogP contribution >= 0.6 is 0 Å². The molecule has 3 fully saturated rings. The van der Waals surface area contributed by atoms with Gasteiger partial charge in [-0.1, -0.05) is 6.92 Å². The molecule has 1 heterocycles. The SMILES string of the molecule is CCCNC1(C#N)CCCC(N2CCOC3CCCC32)C1. The van der Waals surface area contributed by atoms with Crippen LogP contribution in [0.3, 0.4) is 0 Å². The summed E-state index contributed by atoms with van der Waals surface area (Å²) in [4.78, 5) is 2.69. The van der Waals surface area contributed by atoms with Crippen LogP contribution in [0.25, 0.3) is 0 Å². The van der Waals surface area contributed by atoms with Gasteiger partial charge < -0.3 is 4.74 Å². The van der Waals surface area contributed by atoms with Crippen LogP contribution in [-0.4, -0.2) is 48.3 Å². The predicted octanol–water partition coefficient (Wildman–Crippen LogP) is 2.44. The zero-order chi connectivity index (χ0) is 14.7. The largest absolute Gasteiger partial charge is 0.375 e. The average Bonchev–Trinajstić information content (AvgIpc) is 3.01. The summed E-state index contributed by atoms with van der Waals surface area (Å²) < 4.78 is 5.94. The second-order valence-corrected chi connectivity index (χ2v) is 7.02. The highest BCUT2D eigenvalue weighted by Gasteiger charge is 2.44. The number of rotatable bonds is 4. The summed E-state index contributed by atoms with van der Waals surface area (Å²) in [6.45, 7) is 5.06. The molecule has 0 spiro atoms. The summed E-state index contributed by atoms with van der Waals surface area (Å²) in [7, 11) is 0. The molecule has 3 aliphatic rings. The molecule has 3 rings (SSSR count). The van der Waals surface area contributed by atoms with Crippen LogP contribution in [0.1, 0.15) is 58.3 Å². The molecular formula is C17H29N3O. The van der Waals surface area contributed by atoms with E-state index in [0.29, 0.717) is 18.2 Å². The van der Waals surface area contributed by atoms with Gasteiger partial charge in [0.1, 0.15) is 5.54 Å².